The third-order valence-electron chi connectivity index (χ3n) is 5.75. The first-order valence-electron chi connectivity index (χ1n) is 9.48. The van der Waals surface area contributed by atoms with Crippen molar-refractivity contribution in [2.75, 3.05) is 32.8 Å². The van der Waals surface area contributed by atoms with Gasteiger partial charge < -0.3 is 14.4 Å². The summed E-state index contributed by atoms with van der Waals surface area (Å²) in [6.45, 7) is 8.69. The largest absolute Gasteiger partial charge is 0.376 e. The van der Waals surface area contributed by atoms with Gasteiger partial charge >= 0.3 is 0 Å². The summed E-state index contributed by atoms with van der Waals surface area (Å²) >= 11 is 0. The number of likely N-dealkylation sites (N-methyl/N-ethyl adjacent to an activating group) is 1. The molecule has 0 saturated carbocycles. The van der Waals surface area contributed by atoms with Crippen LogP contribution in [0.3, 0.4) is 0 Å². The predicted octanol–water partition coefficient (Wildman–Crippen LogP) is 2.05. The first-order chi connectivity index (χ1) is 11.2. The lowest BCUT2D eigenvalue weighted by Crippen LogP contribution is -2.51. The van der Waals surface area contributed by atoms with Crippen molar-refractivity contribution in [1.29, 1.82) is 0 Å². The smallest absolute Gasteiger partial charge is 0.251 e. The van der Waals surface area contributed by atoms with E-state index in [0.29, 0.717) is 18.7 Å². The SMILES string of the molecule is CCN1CCC[C@@H]1[C@@H]1CCCN1C(=O)[C@@H](C)OC[C@H]1CCCO1. The second-order valence-electron chi connectivity index (χ2n) is 7.19. The van der Waals surface area contributed by atoms with Crippen LogP contribution in [-0.4, -0.2) is 72.8 Å². The average Bonchev–Trinajstić information content (AvgIpc) is 3.31. The lowest BCUT2D eigenvalue weighted by atomic mass is 10.0. The summed E-state index contributed by atoms with van der Waals surface area (Å²) in [6.07, 6.45) is 6.77. The number of likely N-dealkylation sites (tertiary alicyclic amines) is 2. The Hall–Kier alpha value is -0.650. The highest BCUT2D eigenvalue weighted by molar-refractivity contribution is 5.81. The third kappa shape index (κ3) is 3.89. The van der Waals surface area contributed by atoms with E-state index < -0.39 is 0 Å². The summed E-state index contributed by atoms with van der Waals surface area (Å²) in [5, 5.41) is 0. The fourth-order valence-corrected chi connectivity index (χ4v) is 4.48. The van der Waals surface area contributed by atoms with Crippen LogP contribution in [0.4, 0.5) is 0 Å². The molecule has 132 valence electrons. The second kappa shape index (κ2) is 7.95. The molecule has 3 aliphatic heterocycles. The molecule has 3 aliphatic rings. The van der Waals surface area contributed by atoms with E-state index in [2.05, 4.69) is 16.7 Å². The molecule has 0 aliphatic carbocycles. The third-order valence-corrected chi connectivity index (χ3v) is 5.75. The monoisotopic (exact) mass is 324 g/mol. The molecule has 3 rings (SSSR count). The van der Waals surface area contributed by atoms with Crippen LogP contribution >= 0.6 is 0 Å². The Morgan fingerprint density at radius 3 is 2.70 bits per heavy atom. The first kappa shape index (κ1) is 17.2. The van der Waals surface area contributed by atoms with Gasteiger partial charge in [0, 0.05) is 25.2 Å². The maximum absolute atomic E-state index is 12.9. The van der Waals surface area contributed by atoms with Crippen molar-refractivity contribution in [2.45, 2.75) is 76.7 Å². The lowest BCUT2D eigenvalue weighted by molar-refractivity contribution is -0.146. The van der Waals surface area contributed by atoms with E-state index in [-0.39, 0.29) is 18.1 Å². The summed E-state index contributed by atoms with van der Waals surface area (Å²) in [6, 6.07) is 0.940. The number of amides is 1. The van der Waals surface area contributed by atoms with E-state index in [1.165, 1.54) is 19.4 Å². The van der Waals surface area contributed by atoms with E-state index in [4.69, 9.17) is 9.47 Å². The number of ether oxygens (including phenoxy) is 2. The van der Waals surface area contributed by atoms with Crippen molar-refractivity contribution in [3.8, 4) is 0 Å². The fraction of sp³-hybridized carbons (Fsp3) is 0.944. The minimum Gasteiger partial charge on any atom is -0.376 e. The molecule has 23 heavy (non-hydrogen) atoms. The van der Waals surface area contributed by atoms with Crippen LogP contribution in [0.1, 0.15) is 52.4 Å². The quantitative estimate of drug-likeness (QED) is 0.750. The van der Waals surface area contributed by atoms with Gasteiger partial charge in [0.25, 0.3) is 5.91 Å². The highest BCUT2D eigenvalue weighted by Gasteiger charge is 2.40. The maximum atomic E-state index is 12.9. The van der Waals surface area contributed by atoms with Crippen molar-refractivity contribution in [3.05, 3.63) is 0 Å². The fourth-order valence-electron chi connectivity index (χ4n) is 4.48. The maximum Gasteiger partial charge on any atom is 0.251 e. The van der Waals surface area contributed by atoms with Crippen LogP contribution in [0.25, 0.3) is 0 Å². The number of nitrogens with zero attached hydrogens (tertiary/aromatic N) is 2. The standard InChI is InChI=1S/C18H32N2O3/c1-3-19-10-4-8-16(19)17-9-5-11-20(17)18(21)14(2)23-13-15-7-6-12-22-15/h14-17H,3-13H2,1-2H3/t14-,15-,16-,17+/m1/s1. The number of rotatable bonds is 6. The van der Waals surface area contributed by atoms with Gasteiger partial charge in [-0.25, -0.2) is 0 Å². The number of carbonyl (C=O) groups is 1. The molecule has 0 aromatic heterocycles. The summed E-state index contributed by atoms with van der Waals surface area (Å²) in [5.74, 6) is 0.174. The zero-order chi connectivity index (χ0) is 16.2. The summed E-state index contributed by atoms with van der Waals surface area (Å²) in [5.41, 5.74) is 0. The Labute approximate surface area is 140 Å². The highest BCUT2D eigenvalue weighted by Crippen LogP contribution is 2.30. The van der Waals surface area contributed by atoms with Gasteiger partial charge in [-0.3, -0.25) is 9.69 Å². The van der Waals surface area contributed by atoms with Gasteiger partial charge in [0.2, 0.25) is 0 Å². The second-order valence-corrected chi connectivity index (χ2v) is 7.19. The van der Waals surface area contributed by atoms with Gasteiger partial charge in [-0.05, 0) is 58.5 Å². The van der Waals surface area contributed by atoms with E-state index in [0.717, 1.165) is 45.4 Å². The molecule has 5 nitrogen and oxygen atoms in total. The Morgan fingerprint density at radius 2 is 1.96 bits per heavy atom. The normalized spacial score (nSPS) is 33.5. The molecule has 0 spiro atoms. The van der Waals surface area contributed by atoms with E-state index in [1.54, 1.807) is 0 Å². The topological polar surface area (TPSA) is 42.0 Å². The molecule has 1 amide bonds. The van der Waals surface area contributed by atoms with Crippen LogP contribution in [0.5, 0.6) is 0 Å². The highest BCUT2D eigenvalue weighted by atomic mass is 16.5. The Kier molecular flexibility index (Phi) is 5.94. The zero-order valence-electron chi connectivity index (χ0n) is 14.7. The number of hydrogen-bond donors (Lipinski definition) is 0. The molecule has 0 radical (unpaired) electrons. The molecule has 5 heteroatoms. The van der Waals surface area contributed by atoms with Gasteiger partial charge in [-0.15, -0.1) is 0 Å². The summed E-state index contributed by atoms with van der Waals surface area (Å²) in [4.78, 5) is 17.5. The Balaban J connectivity index is 1.54. The molecule has 0 bridgehead atoms. The van der Waals surface area contributed by atoms with Gasteiger partial charge in [-0.1, -0.05) is 6.92 Å². The molecule has 0 aromatic carbocycles. The molecule has 0 N–H and O–H groups in total. The van der Waals surface area contributed by atoms with Gasteiger partial charge in [0.1, 0.15) is 6.10 Å². The van der Waals surface area contributed by atoms with Crippen molar-refractivity contribution >= 4 is 5.91 Å². The number of hydrogen-bond acceptors (Lipinski definition) is 4. The molecular formula is C18H32N2O3. The Morgan fingerprint density at radius 1 is 1.17 bits per heavy atom. The average molecular weight is 324 g/mol. The van der Waals surface area contributed by atoms with Crippen LogP contribution in [0.2, 0.25) is 0 Å². The molecule has 0 unspecified atom stereocenters. The molecule has 3 fully saturated rings. The minimum atomic E-state index is -0.351. The minimum absolute atomic E-state index is 0.174. The van der Waals surface area contributed by atoms with Crippen molar-refractivity contribution in [2.24, 2.45) is 0 Å². The van der Waals surface area contributed by atoms with Crippen molar-refractivity contribution in [3.63, 3.8) is 0 Å². The van der Waals surface area contributed by atoms with Crippen molar-refractivity contribution in [1.82, 2.24) is 9.80 Å². The van der Waals surface area contributed by atoms with Gasteiger partial charge in [-0.2, -0.15) is 0 Å². The van der Waals surface area contributed by atoms with Crippen LogP contribution < -0.4 is 0 Å². The number of carbonyl (C=O) groups excluding carboxylic acids is 1. The van der Waals surface area contributed by atoms with Gasteiger partial charge in [0.05, 0.1) is 12.7 Å². The zero-order valence-corrected chi connectivity index (χ0v) is 14.7. The molecule has 4 atom stereocenters. The van der Waals surface area contributed by atoms with E-state index >= 15 is 0 Å². The van der Waals surface area contributed by atoms with E-state index in [1.807, 2.05) is 6.92 Å². The molecule has 3 saturated heterocycles. The van der Waals surface area contributed by atoms with Crippen LogP contribution in [0, 0.1) is 0 Å². The van der Waals surface area contributed by atoms with Crippen LogP contribution in [0.15, 0.2) is 0 Å². The van der Waals surface area contributed by atoms with Crippen molar-refractivity contribution < 1.29 is 14.3 Å². The molecule has 0 aromatic rings. The summed E-state index contributed by atoms with van der Waals surface area (Å²) in [7, 11) is 0. The Bertz CT molecular complexity index is 398. The summed E-state index contributed by atoms with van der Waals surface area (Å²) < 4.78 is 11.4. The van der Waals surface area contributed by atoms with E-state index in [9.17, 15) is 4.79 Å². The van der Waals surface area contributed by atoms with Crippen LogP contribution in [-0.2, 0) is 14.3 Å². The van der Waals surface area contributed by atoms with Gasteiger partial charge in [0.15, 0.2) is 0 Å². The lowest BCUT2D eigenvalue weighted by Gasteiger charge is -2.35. The molecular weight excluding hydrogens is 292 g/mol. The molecule has 3 heterocycles. The first-order valence-corrected chi connectivity index (χ1v) is 9.48. The predicted molar refractivity (Wildman–Crippen MR) is 89.4 cm³/mol.